The van der Waals surface area contributed by atoms with Gasteiger partial charge < -0.3 is 10.1 Å². The lowest BCUT2D eigenvalue weighted by atomic mass is 10.1. The molecular weight excluding hydrogens is 250 g/mol. The number of ether oxygens (including phenoxy) is 1. The van der Waals surface area contributed by atoms with Crippen LogP contribution in [0.2, 0.25) is 5.02 Å². The van der Waals surface area contributed by atoms with Gasteiger partial charge in [0.2, 0.25) is 0 Å². The summed E-state index contributed by atoms with van der Waals surface area (Å²) >= 11 is 6.24. The molecular formula is C13H24ClN3O. The molecule has 0 aliphatic rings. The van der Waals surface area contributed by atoms with Gasteiger partial charge in [0.25, 0.3) is 0 Å². The van der Waals surface area contributed by atoms with Crippen molar-refractivity contribution in [3.05, 3.63) is 16.9 Å². The van der Waals surface area contributed by atoms with E-state index in [4.69, 9.17) is 16.3 Å². The van der Waals surface area contributed by atoms with Crippen molar-refractivity contribution in [1.29, 1.82) is 0 Å². The quantitative estimate of drug-likeness (QED) is 0.703. The van der Waals surface area contributed by atoms with Crippen LogP contribution >= 0.6 is 11.6 Å². The summed E-state index contributed by atoms with van der Waals surface area (Å²) in [7, 11) is 1.96. The van der Waals surface area contributed by atoms with Crippen LogP contribution in [-0.2, 0) is 11.3 Å². The van der Waals surface area contributed by atoms with Crippen LogP contribution in [0.25, 0.3) is 0 Å². The molecule has 1 aromatic heterocycles. The van der Waals surface area contributed by atoms with Crippen LogP contribution in [-0.4, -0.2) is 30.0 Å². The Hall–Kier alpha value is -0.580. The molecule has 0 fully saturated rings. The summed E-state index contributed by atoms with van der Waals surface area (Å²) < 4.78 is 7.37. The molecule has 0 amide bonds. The maximum Gasteiger partial charge on any atom is 0.0834 e. The maximum atomic E-state index is 6.24. The van der Waals surface area contributed by atoms with E-state index in [-0.39, 0.29) is 6.04 Å². The van der Waals surface area contributed by atoms with Gasteiger partial charge in [-0.15, -0.1) is 0 Å². The van der Waals surface area contributed by atoms with Crippen molar-refractivity contribution in [1.82, 2.24) is 15.1 Å². The number of hydrogen-bond donors (Lipinski definition) is 1. The lowest BCUT2D eigenvalue weighted by Crippen LogP contribution is -2.21. The van der Waals surface area contributed by atoms with E-state index < -0.39 is 0 Å². The smallest absolute Gasteiger partial charge is 0.0834 e. The molecule has 1 atom stereocenters. The van der Waals surface area contributed by atoms with E-state index in [1.807, 2.05) is 18.7 Å². The fourth-order valence-corrected chi connectivity index (χ4v) is 2.33. The summed E-state index contributed by atoms with van der Waals surface area (Å²) in [6.07, 6.45) is 4.82. The molecule has 4 nitrogen and oxygen atoms in total. The number of nitrogens with zero attached hydrogens (tertiary/aromatic N) is 2. The third kappa shape index (κ3) is 4.26. The van der Waals surface area contributed by atoms with E-state index in [1.165, 1.54) is 0 Å². The molecule has 1 heterocycles. The number of halogens is 1. The van der Waals surface area contributed by atoms with Gasteiger partial charge in [0.15, 0.2) is 0 Å². The zero-order valence-electron chi connectivity index (χ0n) is 11.6. The first kappa shape index (κ1) is 15.5. The third-order valence-electron chi connectivity index (χ3n) is 2.93. The average Bonchev–Trinajstić information content (AvgIpc) is 2.72. The zero-order chi connectivity index (χ0) is 13.4. The number of aryl methyl sites for hydroxylation is 1. The maximum absolute atomic E-state index is 6.24. The van der Waals surface area contributed by atoms with Gasteiger partial charge in [0, 0.05) is 19.8 Å². The largest absolute Gasteiger partial charge is 0.382 e. The van der Waals surface area contributed by atoms with Crippen molar-refractivity contribution in [2.24, 2.45) is 0 Å². The Morgan fingerprint density at radius 1 is 1.50 bits per heavy atom. The summed E-state index contributed by atoms with van der Waals surface area (Å²) in [5.74, 6) is 0. The van der Waals surface area contributed by atoms with Crippen molar-refractivity contribution in [2.75, 3.05) is 20.3 Å². The molecule has 0 bridgehead atoms. The standard InChI is InChI=1S/C13H24ClN3O/c1-4-8-17-13(11(14)10-16-17)12(15-3)7-6-9-18-5-2/h10,12,15H,4-9H2,1-3H3. The lowest BCUT2D eigenvalue weighted by molar-refractivity contribution is 0.140. The Balaban J connectivity index is 2.65. The van der Waals surface area contributed by atoms with Crippen molar-refractivity contribution in [2.45, 2.75) is 45.7 Å². The van der Waals surface area contributed by atoms with E-state index in [2.05, 4.69) is 17.3 Å². The highest BCUT2D eigenvalue weighted by molar-refractivity contribution is 6.31. The second kappa shape index (κ2) is 8.51. The summed E-state index contributed by atoms with van der Waals surface area (Å²) in [4.78, 5) is 0. The van der Waals surface area contributed by atoms with Gasteiger partial charge in [0.1, 0.15) is 0 Å². The highest BCUT2D eigenvalue weighted by Crippen LogP contribution is 2.26. The van der Waals surface area contributed by atoms with Crippen LogP contribution in [0, 0.1) is 0 Å². The number of aromatic nitrogens is 2. The first-order valence-electron chi connectivity index (χ1n) is 6.70. The minimum absolute atomic E-state index is 0.243. The van der Waals surface area contributed by atoms with E-state index in [9.17, 15) is 0 Å². The summed E-state index contributed by atoms with van der Waals surface area (Å²) in [5.41, 5.74) is 1.09. The third-order valence-corrected chi connectivity index (χ3v) is 3.22. The van der Waals surface area contributed by atoms with Crippen LogP contribution in [0.1, 0.15) is 44.8 Å². The van der Waals surface area contributed by atoms with Gasteiger partial charge in [-0.2, -0.15) is 5.10 Å². The van der Waals surface area contributed by atoms with E-state index in [0.717, 1.165) is 49.7 Å². The molecule has 1 rings (SSSR count). The Morgan fingerprint density at radius 2 is 2.28 bits per heavy atom. The fraction of sp³-hybridized carbons (Fsp3) is 0.769. The highest BCUT2D eigenvalue weighted by Gasteiger charge is 2.18. The van der Waals surface area contributed by atoms with Crippen molar-refractivity contribution in [3.63, 3.8) is 0 Å². The minimum atomic E-state index is 0.243. The SMILES string of the molecule is CCCn1ncc(Cl)c1C(CCCOCC)NC. The predicted molar refractivity (Wildman–Crippen MR) is 75.1 cm³/mol. The Morgan fingerprint density at radius 3 is 2.89 bits per heavy atom. The van der Waals surface area contributed by atoms with Crippen LogP contribution in [0.5, 0.6) is 0 Å². The molecule has 1 unspecified atom stereocenters. The van der Waals surface area contributed by atoms with Crippen molar-refractivity contribution in [3.8, 4) is 0 Å². The van der Waals surface area contributed by atoms with Crippen LogP contribution < -0.4 is 5.32 Å². The average molecular weight is 274 g/mol. The first-order chi connectivity index (χ1) is 8.74. The molecule has 5 heteroatoms. The van der Waals surface area contributed by atoms with Crippen molar-refractivity contribution >= 4 is 11.6 Å². The Kier molecular flexibility index (Phi) is 7.32. The molecule has 1 N–H and O–H groups in total. The lowest BCUT2D eigenvalue weighted by Gasteiger charge is -2.18. The van der Waals surface area contributed by atoms with Crippen LogP contribution in [0.4, 0.5) is 0 Å². The molecule has 0 aliphatic carbocycles. The molecule has 104 valence electrons. The first-order valence-corrected chi connectivity index (χ1v) is 7.08. The monoisotopic (exact) mass is 273 g/mol. The summed E-state index contributed by atoms with van der Waals surface area (Å²) in [6, 6.07) is 0.243. The van der Waals surface area contributed by atoms with Gasteiger partial charge in [-0.25, -0.2) is 0 Å². The van der Waals surface area contributed by atoms with Crippen molar-refractivity contribution < 1.29 is 4.74 Å². The fourth-order valence-electron chi connectivity index (χ4n) is 2.06. The topological polar surface area (TPSA) is 39.1 Å². The highest BCUT2D eigenvalue weighted by atomic mass is 35.5. The Bertz CT molecular complexity index is 341. The Labute approximate surface area is 115 Å². The number of nitrogens with one attached hydrogen (secondary N) is 1. The molecule has 0 spiro atoms. The van der Waals surface area contributed by atoms with Gasteiger partial charge >= 0.3 is 0 Å². The van der Waals surface area contributed by atoms with Gasteiger partial charge in [-0.1, -0.05) is 18.5 Å². The second-order valence-corrected chi connectivity index (χ2v) is 4.69. The van der Waals surface area contributed by atoms with E-state index in [0.29, 0.717) is 0 Å². The van der Waals surface area contributed by atoms with E-state index in [1.54, 1.807) is 6.20 Å². The van der Waals surface area contributed by atoms with Gasteiger partial charge in [-0.05, 0) is 33.2 Å². The summed E-state index contributed by atoms with van der Waals surface area (Å²) in [5, 5.41) is 8.40. The molecule has 0 saturated heterocycles. The van der Waals surface area contributed by atoms with E-state index >= 15 is 0 Å². The molecule has 0 aromatic carbocycles. The normalized spacial score (nSPS) is 12.9. The molecule has 0 saturated carbocycles. The molecule has 0 radical (unpaired) electrons. The second-order valence-electron chi connectivity index (χ2n) is 4.28. The van der Waals surface area contributed by atoms with Gasteiger partial charge in [0.05, 0.1) is 23.0 Å². The number of rotatable bonds is 9. The number of hydrogen-bond acceptors (Lipinski definition) is 3. The summed E-state index contributed by atoms with van der Waals surface area (Å²) in [6.45, 7) is 6.64. The zero-order valence-corrected chi connectivity index (χ0v) is 12.3. The van der Waals surface area contributed by atoms with Crippen LogP contribution in [0.3, 0.4) is 0 Å². The predicted octanol–water partition coefficient (Wildman–Crippen LogP) is 3.02. The molecule has 1 aromatic rings. The molecule has 0 aliphatic heterocycles. The molecule has 18 heavy (non-hydrogen) atoms. The van der Waals surface area contributed by atoms with Gasteiger partial charge in [-0.3, -0.25) is 4.68 Å². The van der Waals surface area contributed by atoms with Crippen LogP contribution in [0.15, 0.2) is 6.20 Å². The minimum Gasteiger partial charge on any atom is -0.382 e.